The standard InChI is InChI=1S/C11H6BrClN2O3/c12-8-2-1-5-14-11(8)18-10-6-7(15(16)17)3-4-9(10)13/h1-6H. The number of hydrogen-bond donors (Lipinski definition) is 0. The van der Waals surface area contributed by atoms with Gasteiger partial charge < -0.3 is 4.74 Å². The van der Waals surface area contributed by atoms with Crippen molar-refractivity contribution in [1.82, 2.24) is 4.98 Å². The van der Waals surface area contributed by atoms with Crippen molar-refractivity contribution in [2.45, 2.75) is 0 Å². The van der Waals surface area contributed by atoms with Gasteiger partial charge in [0, 0.05) is 12.3 Å². The molecule has 0 bridgehead atoms. The van der Waals surface area contributed by atoms with Gasteiger partial charge in [-0.25, -0.2) is 4.98 Å². The summed E-state index contributed by atoms with van der Waals surface area (Å²) in [6, 6.07) is 7.44. The van der Waals surface area contributed by atoms with Gasteiger partial charge in [-0.15, -0.1) is 0 Å². The average Bonchev–Trinajstić information content (AvgIpc) is 2.34. The van der Waals surface area contributed by atoms with E-state index >= 15 is 0 Å². The molecular weight excluding hydrogens is 323 g/mol. The summed E-state index contributed by atoms with van der Waals surface area (Å²) in [5, 5.41) is 10.9. The predicted octanol–water partition coefficient (Wildman–Crippen LogP) is 4.20. The number of benzene rings is 1. The fraction of sp³-hybridized carbons (Fsp3) is 0. The quantitative estimate of drug-likeness (QED) is 0.625. The first-order valence-corrected chi connectivity index (χ1v) is 5.97. The number of pyridine rings is 1. The summed E-state index contributed by atoms with van der Waals surface area (Å²) in [7, 11) is 0. The van der Waals surface area contributed by atoms with Crippen molar-refractivity contribution < 1.29 is 9.66 Å². The lowest BCUT2D eigenvalue weighted by atomic mass is 10.3. The first kappa shape index (κ1) is 12.8. The van der Waals surface area contributed by atoms with Crippen molar-refractivity contribution in [1.29, 1.82) is 0 Å². The topological polar surface area (TPSA) is 65.3 Å². The Morgan fingerprint density at radius 1 is 1.39 bits per heavy atom. The minimum Gasteiger partial charge on any atom is -0.436 e. The average molecular weight is 330 g/mol. The van der Waals surface area contributed by atoms with Crippen molar-refractivity contribution in [3.05, 3.63) is 56.1 Å². The molecule has 18 heavy (non-hydrogen) atoms. The number of halogens is 2. The number of rotatable bonds is 3. The van der Waals surface area contributed by atoms with Crippen LogP contribution in [0.15, 0.2) is 41.0 Å². The van der Waals surface area contributed by atoms with E-state index in [1.807, 2.05) is 0 Å². The first-order chi connectivity index (χ1) is 8.58. The maximum atomic E-state index is 10.7. The van der Waals surface area contributed by atoms with E-state index < -0.39 is 4.92 Å². The van der Waals surface area contributed by atoms with Crippen molar-refractivity contribution in [3.63, 3.8) is 0 Å². The van der Waals surface area contributed by atoms with Crippen molar-refractivity contribution in [2.75, 3.05) is 0 Å². The Balaban J connectivity index is 2.37. The Kier molecular flexibility index (Phi) is 3.78. The zero-order chi connectivity index (χ0) is 13.1. The van der Waals surface area contributed by atoms with E-state index in [0.29, 0.717) is 10.4 Å². The molecule has 0 atom stereocenters. The largest absolute Gasteiger partial charge is 0.436 e. The fourth-order valence-corrected chi connectivity index (χ4v) is 1.73. The summed E-state index contributed by atoms with van der Waals surface area (Å²) in [5.41, 5.74) is -0.0959. The van der Waals surface area contributed by atoms with Gasteiger partial charge in [0.05, 0.1) is 20.5 Å². The molecule has 0 spiro atoms. The van der Waals surface area contributed by atoms with Gasteiger partial charge >= 0.3 is 0 Å². The van der Waals surface area contributed by atoms with Crippen molar-refractivity contribution in [2.24, 2.45) is 0 Å². The van der Waals surface area contributed by atoms with E-state index in [9.17, 15) is 10.1 Å². The lowest BCUT2D eigenvalue weighted by Gasteiger charge is -2.07. The summed E-state index contributed by atoms with van der Waals surface area (Å²) in [4.78, 5) is 14.1. The molecule has 0 fully saturated rings. The van der Waals surface area contributed by atoms with Crippen LogP contribution >= 0.6 is 27.5 Å². The fourth-order valence-electron chi connectivity index (χ4n) is 1.23. The first-order valence-electron chi connectivity index (χ1n) is 4.80. The van der Waals surface area contributed by atoms with Gasteiger partial charge in [-0.1, -0.05) is 11.6 Å². The summed E-state index contributed by atoms with van der Waals surface area (Å²) >= 11 is 9.17. The maximum Gasteiger partial charge on any atom is 0.273 e. The Morgan fingerprint density at radius 2 is 2.17 bits per heavy atom. The minimum atomic E-state index is -0.517. The number of nitro benzene ring substituents is 1. The molecule has 1 aromatic carbocycles. The molecule has 1 heterocycles. The molecule has 0 saturated heterocycles. The molecule has 92 valence electrons. The van der Waals surface area contributed by atoms with Crippen molar-refractivity contribution >= 4 is 33.2 Å². The van der Waals surface area contributed by atoms with Gasteiger partial charge in [0.2, 0.25) is 5.88 Å². The van der Waals surface area contributed by atoms with E-state index in [4.69, 9.17) is 16.3 Å². The number of non-ortho nitro benzene ring substituents is 1. The number of aromatic nitrogens is 1. The van der Waals surface area contributed by atoms with Crippen molar-refractivity contribution in [3.8, 4) is 11.6 Å². The van der Waals surface area contributed by atoms with E-state index in [1.54, 1.807) is 18.3 Å². The van der Waals surface area contributed by atoms with Crippen LogP contribution in [0.2, 0.25) is 5.02 Å². The molecule has 7 heteroatoms. The Hall–Kier alpha value is -1.66. The third-order valence-corrected chi connectivity index (χ3v) is 2.97. The van der Waals surface area contributed by atoms with E-state index in [0.717, 1.165) is 0 Å². The van der Waals surface area contributed by atoms with Gasteiger partial charge in [0.15, 0.2) is 5.75 Å². The highest BCUT2D eigenvalue weighted by molar-refractivity contribution is 9.10. The number of ether oxygens (including phenoxy) is 1. The summed E-state index contributed by atoms with van der Waals surface area (Å²) in [6.45, 7) is 0. The molecule has 1 aromatic heterocycles. The summed E-state index contributed by atoms with van der Waals surface area (Å²) in [6.07, 6.45) is 1.55. The highest BCUT2D eigenvalue weighted by Gasteiger charge is 2.13. The van der Waals surface area contributed by atoms with Crippen LogP contribution in [0.1, 0.15) is 0 Å². The molecule has 5 nitrogen and oxygen atoms in total. The highest BCUT2D eigenvalue weighted by atomic mass is 79.9. The van der Waals surface area contributed by atoms with Gasteiger partial charge in [-0.05, 0) is 34.1 Å². The lowest BCUT2D eigenvalue weighted by Crippen LogP contribution is -1.92. The summed E-state index contributed by atoms with van der Waals surface area (Å²) < 4.78 is 6.07. The Bertz CT molecular complexity index is 607. The summed E-state index contributed by atoms with van der Waals surface area (Å²) in [5.74, 6) is 0.477. The SMILES string of the molecule is O=[N+]([O-])c1ccc(Cl)c(Oc2ncccc2Br)c1. The smallest absolute Gasteiger partial charge is 0.273 e. The molecular formula is C11H6BrClN2O3. The van der Waals surface area contributed by atoms with E-state index in [-0.39, 0.29) is 16.5 Å². The normalized spacial score (nSPS) is 10.1. The molecule has 0 unspecified atom stereocenters. The molecule has 0 amide bonds. The third kappa shape index (κ3) is 2.77. The highest BCUT2D eigenvalue weighted by Crippen LogP contribution is 2.34. The van der Waals surface area contributed by atoms with Gasteiger partial charge in [-0.2, -0.15) is 0 Å². The maximum absolute atomic E-state index is 10.7. The second-order valence-electron chi connectivity index (χ2n) is 3.26. The molecule has 2 aromatic rings. The molecule has 0 aliphatic carbocycles. The van der Waals surface area contributed by atoms with Crippen LogP contribution in [0.25, 0.3) is 0 Å². The minimum absolute atomic E-state index is 0.0959. The predicted molar refractivity (Wildman–Crippen MR) is 70.1 cm³/mol. The van der Waals surface area contributed by atoms with Crippen LogP contribution in [0.3, 0.4) is 0 Å². The van der Waals surface area contributed by atoms with Crippen LogP contribution in [0, 0.1) is 10.1 Å². The number of hydrogen-bond acceptors (Lipinski definition) is 4. The van der Waals surface area contributed by atoms with Gasteiger partial charge in [0.25, 0.3) is 5.69 Å². The monoisotopic (exact) mass is 328 g/mol. The lowest BCUT2D eigenvalue weighted by molar-refractivity contribution is -0.384. The zero-order valence-electron chi connectivity index (χ0n) is 8.84. The van der Waals surface area contributed by atoms with E-state index in [2.05, 4.69) is 20.9 Å². The molecule has 0 radical (unpaired) electrons. The van der Waals surface area contributed by atoms with E-state index in [1.165, 1.54) is 18.2 Å². The van der Waals surface area contributed by atoms with Gasteiger partial charge in [-0.3, -0.25) is 10.1 Å². The van der Waals surface area contributed by atoms with Crippen LogP contribution in [-0.4, -0.2) is 9.91 Å². The molecule has 0 saturated carbocycles. The second kappa shape index (κ2) is 5.32. The van der Waals surface area contributed by atoms with Gasteiger partial charge in [0.1, 0.15) is 0 Å². The van der Waals surface area contributed by atoms with Crippen LogP contribution < -0.4 is 4.74 Å². The third-order valence-electron chi connectivity index (χ3n) is 2.06. The van der Waals surface area contributed by atoms with Crippen LogP contribution in [-0.2, 0) is 0 Å². The van der Waals surface area contributed by atoms with Crippen LogP contribution in [0.4, 0.5) is 5.69 Å². The molecule has 0 aliphatic rings. The second-order valence-corrected chi connectivity index (χ2v) is 4.53. The zero-order valence-corrected chi connectivity index (χ0v) is 11.2. The Morgan fingerprint density at radius 3 is 2.83 bits per heavy atom. The Labute approximate surface area is 116 Å². The van der Waals surface area contributed by atoms with Crippen LogP contribution in [0.5, 0.6) is 11.6 Å². The molecule has 2 rings (SSSR count). The number of nitro groups is 1. The number of nitrogens with zero attached hydrogens (tertiary/aromatic N) is 2. The molecule has 0 aliphatic heterocycles. The molecule has 0 N–H and O–H groups in total.